The fourth-order valence-electron chi connectivity index (χ4n) is 5.12. The van der Waals surface area contributed by atoms with Gasteiger partial charge in [-0.3, -0.25) is 19.6 Å². The van der Waals surface area contributed by atoms with Crippen LogP contribution in [0.15, 0.2) is 83.4 Å². The molecule has 3 N–H and O–H groups in total. The lowest BCUT2D eigenvalue weighted by atomic mass is 10.2. The summed E-state index contributed by atoms with van der Waals surface area (Å²) >= 11 is 0. The summed E-state index contributed by atoms with van der Waals surface area (Å²) in [6.07, 6.45) is 2.30. The highest BCUT2D eigenvalue weighted by molar-refractivity contribution is 5.94. The summed E-state index contributed by atoms with van der Waals surface area (Å²) in [6.45, 7) is 4.14. The van der Waals surface area contributed by atoms with Crippen LogP contribution in [0.5, 0.6) is 5.75 Å². The molecule has 3 aromatic heterocycles. The Hall–Kier alpha value is -5.23. The average molecular weight is 595 g/mol. The van der Waals surface area contributed by atoms with E-state index in [-0.39, 0.29) is 18.4 Å². The van der Waals surface area contributed by atoms with E-state index in [4.69, 9.17) is 19.2 Å². The number of hydrogen-bond donors (Lipinski definition) is 3. The molecule has 0 spiro atoms. The summed E-state index contributed by atoms with van der Waals surface area (Å²) < 4.78 is 13.8. The predicted octanol–water partition coefficient (Wildman–Crippen LogP) is 3.82. The van der Waals surface area contributed by atoms with Crippen LogP contribution < -0.4 is 15.4 Å². The van der Waals surface area contributed by atoms with Gasteiger partial charge in [-0.05, 0) is 49.7 Å². The molecule has 6 rings (SSSR count). The number of carbonyl (C=O) groups is 2. The van der Waals surface area contributed by atoms with Crippen molar-refractivity contribution in [2.75, 3.05) is 26.2 Å². The fourth-order valence-corrected chi connectivity index (χ4v) is 5.12. The monoisotopic (exact) mass is 594 g/mol. The number of benzene rings is 2. The third-order valence-corrected chi connectivity index (χ3v) is 7.28. The van der Waals surface area contributed by atoms with Gasteiger partial charge in [0.05, 0.1) is 25.7 Å². The van der Waals surface area contributed by atoms with E-state index in [1.165, 1.54) is 0 Å². The smallest absolute Gasteiger partial charge is 0.251 e. The topological polar surface area (TPSA) is 143 Å². The van der Waals surface area contributed by atoms with Gasteiger partial charge in [0.2, 0.25) is 5.91 Å². The molecule has 0 unspecified atom stereocenters. The molecular weight excluding hydrogens is 560 g/mol. The Balaban J connectivity index is 1.25. The first-order chi connectivity index (χ1) is 21.5. The number of ether oxygens (including phenoxy) is 1. The van der Waals surface area contributed by atoms with Gasteiger partial charge in [0.1, 0.15) is 29.6 Å². The molecule has 1 aliphatic heterocycles. The molecule has 2 aromatic carbocycles. The molecule has 0 saturated carbocycles. The molecule has 0 radical (unpaired) electrons. The Kier molecular flexibility index (Phi) is 8.78. The minimum Gasteiger partial charge on any atom is -0.492 e. The number of aromatic amines is 1. The minimum absolute atomic E-state index is 0.128. The average Bonchev–Trinajstić information content (AvgIpc) is 3.81. The molecule has 12 nitrogen and oxygen atoms in total. The highest BCUT2D eigenvalue weighted by atomic mass is 16.5. The van der Waals surface area contributed by atoms with Crippen molar-refractivity contribution in [3.63, 3.8) is 0 Å². The summed E-state index contributed by atoms with van der Waals surface area (Å²) in [7, 11) is 0. The molecule has 2 bridgehead atoms. The number of aromatic nitrogens is 5. The highest BCUT2D eigenvalue weighted by Gasteiger charge is 2.22. The number of hydrogen-bond acceptors (Lipinski definition) is 8. The molecule has 1 aliphatic rings. The number of nitrogens with zero attached hydrogens (tertiary/aromatic N) is 5. The van der Waals surface area contributed by atoms with Crippen molar-refractivity contribution in [1.29, 1.82) is 0 Å². The second-order valence-corrected chi connectivity index (χ2v) is 10.6. The van der Waals surface area contributed by atoms with E-state index in [9.17, 15) is 9.59 Å². The number of nitrogens with one attached hydrogen (secondary N) is 3. The quantitative estimate of drug-likeness (QED) is 0.285. The van der Waals surface area contributed by atoms with Crippen LogP contribution in [-0.2, 0) is 17.9 Å². The van der Waals surface area contributed by atoms with Crippen molar-refractivity contribution in [3.8, 4) is 28.6 Å². The normalized spacial score (nSPS) is 17.1. The van der Waals surface area contributed by atoms with Crippen LogP contribution >= 0.6 is 0 Å². The molecule has 2 amide bonds. The molecule has 0 saturated heterocycles. The summed E-state index contributed by atoms with van der Waals surface area (Å²) in [5.41, 5.74) is 2.17. The molecule has 1 atom stereocenters. The molecule has 226 valence electrons. The standard InChI is InChI=1S/C32H34N8O4/c1-22-31-36-30(23-7-3-2-4-8-23)38-40(31)17-18-43-25-10-5-9-24(19-25)32(42)33-14-6-16-39(21-29(41)35-22)20-26-11-12-28(44-26)27-13-15-34-37-27/h2-5,7-13,15,19,22H,6,14,16-18,20-21H2,1H3,(H,33,42)(H,34,37)(H,35,41)/t22-/m0/s1. The fraction of sp³-hybridized carbons (Fsp3) is 0.281. The van der Waals surface area contributed by atoms with Crippen molar-refractivity contribution in [1.82, 2.24) is 40.5 Å². The minimum atomic E-state index is -0.411. The third kappa shape index (κ3) is 7.04. The maximum Gasteiger partial charge on any atom is 0.251 e. The predicted molar refractivity (Wildman–Crippen MR) is 162 cm³/mol. The number of H-pyrrole nitrogens is 1. The van der Waals surface area contributed by atoms with E-state index in [0.717, 1.165) is 11.3 Å². The molecule has 44 heavy (non-hydrogen) atoms. The first-order valence-electron chi connectivity index (χ1n) is 14.6. The summed E-state index contributed by atoms with van der Waals surface area (Å²) in [6, 6.07) is 22.0. The third-order valence-electron chi connectivity index (χ3n) is 7.28. The lowest BCUT2D eigenvalue weighted by molar-refractivity contribution is -0.123. The SMILES string of the molecule is C[C@@H]1NC(=O)CN(Cc2ccc(-c3ccn[nH]3)o2)CCCNC(=O)c2cccc(c2)OCCn2nc(-c3ccccc3)nc21. The van der Waals surface area contributed by atoms with Gasteiger partial charge < -0.3 is 19.8 Å². The Bertz CT molecular complexity index is 1700. The Morgan fingerprint density at radius 1 is 0.977 bits per heavy atom. The molecule has 12 heteroatoms. The van der Waals surface area contributed by atoms with E-state index < -0.39 is 6.04 Å². The lowest BCUT2D eigenvalue weighted by Gasteiger charge is -2.22. The van der Waals surface area contributed by atoms with Gasteiger partial charge in [-0.1, -0.05) is 36.4 Å². The van der Waals surface area contributed by atoms with E-state index in [2.05, 4.69) is 20.8 Å². The van der Waals surface area contributed by atoms with E-state index in [0.29, 0.717) is 73.7 Å². The van der Waals surface area contributed by atoms with Gasteiger partial charge in [-0.15, -0.1) is 0 Å². The van der Waals surface area contributed by atoms with E-state index in [1.807, 2.05) is 66.4 Å². The summed E-state index contributed by atoms with van der Waals surface area (Å²) in [4.78, 5) is 33.0. The van der Waals surface area contributed by atoms with Gasteiger partial charge in [0.25, 0.3) is 5.91 Å². The zero-order valence-corrected chi connectivity index (χ0v) is 24.4. The zero-order valence-electron chi connectivity index (χ0n) is 24.4. The maximum atomic E-state index is 13.4. The van der Waals surface area contributed by atoms with Crippen LogP contribution in [0.4, 0.5) is 0 Å². The van der Waals surface area contributed by atoms with Crippen molar-refractivity contribution in [2.45, 2.75) is 32.5 Å². The summed E-state index contributed by atoms with van der Waals surface area (Å²) in [5, 5.41) is 17.7. The number of amides is 2. The van der Waals surface area contributed by atoms with Crippen LogP contribution in [0, 0.1) is 0 Å². The molecule has 5 aromatic rings. The van der Waals surface area contributed by atoms with Gasteiger partial charge >= 0.3 is 0 Å². The Morgan fingerprint density at radius 2 is 1.84 bits per heavy atom. The second-order valence-electron chi connectivity index (χ2n) is 10.6. The first kappa shape index (κ1) is 28.9. The van der Waals surface area contributed by atoms with Crippen LogP contribution in [-0.4, -0.2) is 67.9 Å². The Labute approximate surface area is 254 Å². The van der Waals surface area contributed by atoms with Crippen molar-refractivity contribution in [2.24, 2.45) is 0 Å². The Morgan fingerprint density at radius 3 is 2.68 bits per heavy atom. The van der Waals surface area contributed by atoms with Crippen molar-refractivity contribution >= 4 is 11.8 Å². The lowest BCUT2D eigenvalue weighted by Crippen LogP contribution is -2.40. The molecule has 0 fully saturated rings. The van der Waals surface area contributed by atoms with Crippen molar-refractivity contribution < 1.29 is 18.7 Å². The number of furan rings is 1. The number of carbonyl (C=O) groups excluding carboxylic acids is 2. The number of rotatable bonds is 4. The van der Waals surface area contributed by atoms with Crippen molar-refractivity contribution in [3.05, 3.63) is 96.1 Å². The molecule has 4 heterocycles. The van der Waals surface area contributed by atoms with Gasteiger partial charge in [0.15, 0.2) is 11.6 Å². The van der Waals surface area contributed by atoms with Crippen LogP contribution in [0.1, 0.15) is 41.3 Å². The first-order valence-corrected chi connectivity index (χ1v) is 14.6. The maximum absolute atomic E-state index is 13.4. The van der Waals surface area contributed by atoms with Crippen LogP contribution in [0.2, 0.25) is 0 Å². The summed E-state index contributed by atoms with van der Waals surface area (Å²) in [5.74, 6) is 2.82. The van der Waals surface area contributed by atoms with Gasteiger partial charge in [0, 0.05) is 30.4 Å². The largest absolute Gasteiger partial charge is 0.492 e. The van der Waals surface area contributed by atoms with Crippen LogP contribution in [0.3, 0.4) is 0 Å². The van der Waals surface area contributed by atoms with E-state index >= 15 is 0 Å². The number of fused-ring (bicyclic) bond motifs is 3. The van der Waals surface area contributed by atoms with Crippen LogP contribution in [0.25, 0.3) is 22.8 Å². The second kappa shape index (κ2) is 13.4. The van der Waals surface area contributed by atoms with Gasteiger partial charge in [-0.2, -0.15) is 10.2 Å². The highest BCUT2D eigenvalue weighted by Crippen LogP contribution is 2.22. The molecular formula is C32H34N8O4. The van der Waals surface area contributed by atoms with Gasteiger partial charge in [-0.25, -0.2) is 9.67 Å². The molecule has 0 aliphatic carbocycles. The van der Waals surface area contributed by atoms with E-state index in [1.54, 1.807) is 29.1 Å². The zero-order chi connectivity index (χ0) is 30.3.